The zero-order valence-corrected chi connectivity index (χ0v) is 22.4. The molecule has 1 amide bonds. The van der Waals surface area contributed by atoms with Crippen molar-refractivity contribution in [2.24, 2.45) is 0 Å². The fraction of sp³-hybridized carbons (Fsp3) is 0.233. The van der Waals surface area contributed by atoms with Gasteiger partial charge in [-0.05, 0) is 73.1 Å². The number of likely N-dealkylation sites (N-methyl/N-ethyl adjacent to an activating group) is 1. The number of hydrogen-bond acceptors (Lipinski definition) is 5. The predicted molar refractivity (Wildman–Crippen MR) is 158 cm³/mol. The van der Waals surface area contributed by atoms with Gasteiger partial charge in [0.25, 0.3) is 0 Å². The highest BCUT2D eigenvalue weighted by molar-refractivity contribution is 6.85. The van der Waals surface area contributed by atoms with Crippen molar-refractivity contribution < 1.29 is 14.1 Å². The van der Waals surface area contributed by atoms with Gasteiger partial charge in [0.15, 0.2) is 0 Å². The summed E-state index contributed by atoms with van der Waals surface area (Å²) in [7, 11) is 0.909. The van der Waals surface area contributed by atoms with Crippen molar-refractivity contribution in [3.63, 3.8) is 0 Å². The van der Waals surface area contributed by atoms with E-state index in [1.807, 2.05) is 70.2 Å². The molecule has 3 N–H and O–H groups in total. The van der Waals surface area contributed by atoms with Crippen molar-refractivity contribution in [1.29, 1.82) is 0 Å². The maximum absolute atomic E-state index is 13.8. The lowest BCUT2D eigenvalue weighted by atomic mass is 9.56. The summed E-state index contributed by atoms with van der Waals surface area (Å²) in [5, 5.41) is 14.5. The van der Waals surface area contributed by atoms with Crippen LogP contribution in [-0.2, 0) is 14.1 Å². The third kappa shape index (κ3) is 3.96. The molecule has 0 spiro atoms. The minimum Gasteiger partial charge on any atom is -0.405 e. The van der Waals surface area contributed by atoms with Crippen LogP contribution in [0.1, 0.15) is 33.3 Å². The summed E-state index contributed by atoms with van der Waals surface area (Å²) in [6.07, 6.45) is 0. The zero-order valence-electron chi connectivity index (χ0n) is 22.4. The molecule has 1 saturated heterocycles. The van der Waals surface area contributed by atoms with Gasteiger partial charge >= 0.3 is 14.1 Å². The van der Waals surface area contributed by atoms with E-state index >= 15 is 0 Å². The summed E-state index contributed by atoms with van der Waals surface area (Å²) in [4.78, 5) is 13.8. The van der Waals surface area contributed by atoms with Gasteiger partial charge in [0.2, 0.25) is 5.91 Å². The van der Waals surface area contributed by atoms with E-state index in [0.29, 0.717) is 10.9 Å². The first kappa shape index (κ1) is 24.6. The van der Waals surface area contributed by atoms with Crippen LogP contribution < -0.4 is 15.8 Å². The molecule has 2 heterocycles. The molecule has 0 unspecified atom stereocenters. The molecule has 0 saturated carbocycles. The number of hydrogen-bond donors (Lipinski definition) is 3. The summed E-state index contributed by atoms with van der Waals surface area (Å²) in [6.45, 7) is 7.59. The van der Waals surface area contributed by atoms with E-state index < -0.39 is 25.3 Å². The summed E-state index contributed by atoms with van der Waals surface area (Å²) >= 11 is 0. The predicted octanol–water partition coefficient (Wildman–Crippen LogP) is 5.69. The Morgan fingerprint density at radius 1 is 0.763 bits per heavy atom. The van der Waals surface area contributed by atoms with Crippen molar-refractivity contribution in [3.8, 4) is 0 Å². The summed E-state index contributed by atoms with van der Waals surface area (Å²) in [6, 6.07) is 26.8. The Morgan fingerprint density at radius 3 is 1.95 bits per heavy atom. The van der Waals surface area contributed by atoms with E-state index in [4.69, 9.17) is 9.31 Å². The van der Waals surface area contributed by atoms with Crippen molar-refractivity contribution in [3.05, 3.63) is 89.9 Å². The molecule has 38 heavy (non-hydrogen) atoms. The molecule has 1 fully saturated rings. The fourth-order valence-corrected chi connectivity index (χ4v) is 5.35. The van der Waals surface area contributed by atoms with Gasteiger partial charge in [-0.1, -0.05) is 60.7 Å². The van der Waals surface area contributed by atoms with Crippen molar-refractivity contribution in [1.82, 2.24) is 5.32 Å². The lowest BCUT2D eigenvalue weighted by Crippen LogP contribution is -2.46. The average Bonchev–Trinajstić information content (AvgIpc) is 3.12. The third-order valence-corrected chi connectivity index (χ3v) is 8.10. The Balaban J connectivity index is 1.57. The smallest absolute Gasteiger partial charge is 0.405 e. The topological polar surface area (TPSA) is 71.6 Å². The number of carbonyl (C=O) groups is 1. The highest BCUT2D eigenvalue weighted by atomic mass is 16.7. The number of fused-ring (bicyclic) bond motifs is 1. The Hall–Kier alpha value is -3.74. The first-order chi connectivity index (χ1) is 18.2. The van der Waals surface area contributed by atoms with E-state index in [1.54, 1.807) is 7.05 Å². The van der Waals surface area contributed by atoms with E-state index in [2.05, 4.69) is 52.2 Å². The molecule has 0 bridgehead atoms. The van der Waals surface area contributed by atoms with Crippen molar-refractivity contribution >= 4 is 58.4 Å². The first-order valence-corrected chi connectivity index (χ1v) is 13.0. The Morgan fingerprint density at radius 2 is 1.34 bits per heavy atom. The van der Waals surface area contributed by atoms with Crippen LogP contribution in [0.25, 0.3) is 27.0 Å². The third-order valence-electron chi connectivity index (χ3n) is 8.10. The van der Waals surface area contributed by atoms with E-state index in [1.165, 1.54) is 0 Å². The van der Waals surface area contributed by atoms with Crippen LogP contribution in [0.5, 0.6) is 0 Å². The largest absolute Gasteiger partial charge is 0.495 e. The zero-order chi connectivity index (χ0) is 26.7. The van der Waals surface area contributed by atoms with Gasteiger partial charge in [-0.15, -0.1) is 0 Å². The molecule has 6 rings (SSSR count). The normalized spacial score (nSPS) is 18.1. The summed E-state index contributed by atoms with van der Waals surface area (Å²) < 4.78 is 13.1. The molecule has 8 heteroatoms. The molecule has 2 aliphatic heterocycles. The maximum atomic E-state index is 13.8. The second-order valence-corrected chi connectivity index (χ2v) is 11.0. The van der Waals surface area contributed by atoms with Gasteiger partial charge in [0.05, 0.1) is 11.2 Å². The first-order valence-electron chi connectivity index (χ1n) is 13.0. The average molecular weight is 503 g/mol. The summed E-state index contributed by atoms with van der Waals surface area (Å²) in [5.41, 5.74) is 2.89. The van der Waals surface area contributed by atoms with Crippen LogP contribution in [0.2, 0.25) is 0 Å². The molecule has 0 atom stereocenters. The van der Waals surface area contributed by atoms with Crippen LogP contribution in [0, 0.1) is 0 Å². The molecule has 190 valence electrons. The van der Waals surface area contributed by atoms with Crippen molar-refractivity contribution in [2.75, 3.05) is 17.5 Å². The second-order valence-electron chi connectivity index (χ2n) is 11.0. The number of amides is 1. The molecule has 6 nitrogen and oxygen atoms in total. The number of nitrogens with one attached hydrogen (secondary N) is 3. The number of anilines is 2. The van der Waals surface area contributed by atoms with Crippen molar-refractivity contribution in [2.45, 2.75) is 38.9 Å². The fourth-order valence-electron chi connectivity index (χ4n) is 5.35. The standard InChI is InChI=1S/C30H31B2N3O3/c1-29(2)30(3,4)38-32(37-29)26(22-17-16-19-10-6-7-11-21(19)18-22)27(28(36)33-5)31-34-23-14-8-12-20-13-9-15-24(35-31)25(20)23/h6-18,34-35H,1-5H3,(H,33,36)/b27-26+. The number of benzene rings is 4. The van der Waals surface area contributed by atoms with E-state index in [0.717, 1.165) is 38.5 Å². The lowest BCUT2D eigenvalue weighted by Gasteiger charge is -2.32. The van der Waals surface area contributed by atoms with Crippen LogP contribution in [0.3, 0.4) is 0 Å². The van der Waals surface area contributed by atoms with Crippen LogP contribution in [0.4, 0.5) is 11.4 Å². The summed E-state index contributed by atoms with van der Waals surface area (Å²) in [5.74, 6) is -0.209. The SMILES string of the molecule is CNC(=O)/C(B1Nc2cccc3cccc(c23)N1)=C(\B1OC(C)(C)C(C)(C)O1)c1ccc2ccccc2c1. The monoisotopic (exact) mass is 503 g/mol. The molecule has 0 aliphatic carbocycles. The molecule has 4 aromatic rings. The van der Waals surface area contributed by atoms with E-state index in [9.17, 15) is 4.79 Å². The Labute approximate surface area is 224 Å². The van der Waals surface area contributed by atoms with Gasteiger partial charge in [-0.25, -0.2) is 0 Å². The minimum absolute atomic E-state index is 0.209. The molecule has 4 aromatic carbocycles. The molecular formula is C30H31B2N3O3. The second kappa shape index (κ2) is 8.93. The Bertz CT molecular complexity index is 1560. The highest BCUT2D eigenvalue weighted by Crippen LogP contribution is 2.43. The molecule has 0 radical (unpaired) electrons. The van der Waals surface area contributed by atoms with E-state index in [-0.39, 0.29) is 5.91 Å². The van der Waals surface area contributed by atoms with Crippen LogP contribution in [-0.4, -0.2) is 38.3 Å². The van der Waals surface area contributed by atoms with Gasteiger partial charge in [-0.3, -0.25) is 4.79 Å². The number of rotatable bonds is 4. The van der Waals surface area contributed by atoms with Gasteiger partial charge < -0.3 is 25.1 Å². The molecular weight excluding hydrogens is 472 g/mol. The highest BCUT2D eigenvalue weighted by Gasteiger charge is 2.54. The maximum Gasteiger partial charge on any atom is 0.495 e. The van der Waals surface area contributed by atoms with Crippen LogP contribution >= 0.6 is 0 Å². The minimum atomic E-state index is -0.745. The van der Waals surface area contributed by atoms with Gasteiger partial charge in [-0.2, -0.15) is 0 Å². The van der Waals surface area contributed by atoms with Crippen LogP contribution in [0.15, 0.2) is 84.3 Å². The number of carbonyl (C=O) groups excluding carboxylic acids is 1. The van der Waals surface area contributed by atoms with Gasteiger partial charge in [0, 0.05) is 29.3 Å². The molecule has 0 aromatic heterocycles. The van der Waals surface area contributed by atoms with Gasteiger partial charge in [0.1, 0.15) is 0 Å². The lowest BCUT2D eigenvalue weighted by molar-refractivity contribution is -0.116. The Kier molecular flexibility index (Phi) is 5.78. The quantitative estimate of drug-likeness (QED) is 0.247. The molecule has 2 aliphatic rings.